The molecule has 0 aliphatic heterocycles. The molecule has 128 valence electrons. The van der Waals surface area contributed by atoms with Gasteiger partial charge in [0.15, 0.2) is 5.78 Å². The summed E-state index contributed by atoms with van der Waals surface area (Å²) in [6, 6.07) is 4.68. The van der Waals surface area contributed by atoms with E-state index in [9.17, 15) is 13.2 Å². The number of nitrogens with two attached hydrogens (primary N) is 1. The molecule has 0 heterocycles. The first-order valence-electron chi connectivity index (χ1n) is 7.65. The number of sulfonamides is 1. The van der Waals surface area contributed by atoms with E-state index in [0.29, 0.717) is 17.8 Å². The topological polar surface area (TPSA) is 92.5 Å². The van der Waals surface area contributed by atoms with Crippen LogP contribution in [0.1, 0.15) is 37.0 Å². The SMILES string of the molecule is CN(C)C(C)(C)CNc1ccc(C(=O)C2CC2)cc1S(N)(=O)=O. The lowest BCUT2D eigenvalue weighted by atomic mass is 10.0. The first-order valence-corrected chi connectivity index (χ1v) is 9.19. The van der Waals surface area contributed by atoms with Crippen LogP contribution in [0.15, 0.2) is 23.1 Å². The van der Waals surface area contributed by atoms with Gasteiger partial charge < -0.3 is 10.2 Å². The zero-order chi connectivity index (χ0) is 17.4. The van der Waals surface area contributed by atoms with Crippen LogP contribution in [0.5, 0.6) is 0 Å². The number of primary sulfonamides is 1. The van der Waals surface area contributed by atoms with Crippen LogP contribution in [-0.2, 0) is 10.0 Å². The summed E-state index contributed by atoms with van der Waals surface area (Å²) in [5, 5.41) is 8.47. The van der Waals surface area contributed by atoms with E-state index in [1.807, 2.05) is 32.8 Å². The number of likely N-dealkylation sites (N-methyl/N-ethyl adjacent to an activating group) is 1. The van der Waals surface area contributed by atoms with E-state index in [0.717, 1.165) is 12.8 Å². The van der Waals surface area contributed by atoms with Crippen LogP contribution in [0, 0.1) is 5.92 Å². The summed E-state index contributed by atoms with van der Waals surface area (Å²) in [6.45, 7) is 4.63. The number of hydrogen-bond donors (Lipinski definition) is 2. The second-order valence-electron chi connectivity index (χ2n) is 6.95. The lowest BCUT2D eigenvalue weighted by Crippen LogP contribution is -2.44. The van der Waals surface area contributed by atoms with Gasteiger partial charge in [-0.15, -0.1) is 0 Å². The molecule has 2 rings (SSSR count). The lowest BCUT2D eigenvalue weighted by molar-refractivity contribution is 0.0967. The molecule has 0 amide bonds. The first-order chi connectivity index (χ1) is 10.5. The van der Waals surface area contributed by atoms with Gasteiger partial charge in [-0.2, -0.15) is 0 Å². The highest BCUT2D eigenvalue weighted by molar-refractivity contribution is 7.89. The minimum Gasteiger partial charge on any atom is -0.382 e. The van der Waals surface area contributed by atoms with E-state index in [4.69, 9.17) is 5.14 Å². The van der Waals surface area contributed by atoms with Gasteiger partial charge in [-0.05, 0) is 59.0 Å². The monoisotopic (exact) mass is 339 g/mol. The Morgan fingerprint density at radius 2 is 1.96 bits per heavy atom. The van der Waals surface area contributed by atoms with E-state index in [-0.39, 0.29) is 22.1 Å². The van der Waals surface area contributed by atoms with Crippen molar-refractivity contribution >= 4 is 21.5 Å². The minimum atomic E-state index is -3.91. The normalized spacial score (nSPS) is 15.7. The molecule has 0 saturated heterocycles. The summed E-state index contributed by atoms with van der Waals surface area (Å²) in [6.07, 6.45) is 1.75. The van der Waals surface area contributed by atoms with Crippen molar-refractivity contribution in [1.82, 2.24) is 4.90 Å². The summed E-state index contributed by atoms with van der Waals surface area (Å²) in [5.74, 6) is 0.0323. The molecule has 23 heavy (non-hydrogen) atoms. The van der Waals surface area contributed by atoms with Gasteiger partial charge in [0.05, 0.1) is 5.69 Å². The van der Waals surface area contributed by atoms with Crippen LogP contribution in [-0.4, -0.2) is 45.3 Å². The largest absolute Gasteiger partial charge is 0.382 e. The molecule has 1 aromatic carbocycles. The number of hydrogen-bond acceptors (Lipinski definition) is 5. The van der Waals surface area contributed by atoms with Crippen LogP contribution < -0.4 is 10.5 Å². The Kier molecular flexibility index (Phi) is 4.84. The van der Waals surface area contributed by atoms with Gasteiger partial charge in [0.2, 0.25) is 10.0 Å². The predicted octanol–water partition coefficient (Wildman–Crippen LogP) is 1.68. The second kappa shape index (κ2) is 6.22. The number of nitrogens with one attached hydrogen (secondary N) is 1. The molecule has 1 aliphatic rings. The molecule has 6 nitrogen and oxygen atoms in total. The summed E-state index contributed by atoms with van der Waals surface area (Å²) >= 11 is 0. The first kappa shape index (κ1) is 17.9. The van der Waals surface area contributed by atoms with Gasteiger partial charge in [-0.3, -0.25) is 4.79 Å². The van der Waals surface area contributed by atoms with Crippen LogP contribution in [0.4, 0.5) is 5.69 Å². The molecule has 0 atom stereocenters. The Labute approximate surface area is 138 Å². The van der Waals surface area contributed by atoms with E-state index in [2.05, 4.69) is 5.32 Å². The summed E-state index contributed by atoms with van der Waals surface area (Å²) in [4.78, 5) is 14.2. The zero-order valence-electron chi connectivity index (χ0n) is 14.1. The van der Waals surface area contributed by atoms with Gasteiger partial charge in [0.1, 0.15) is 4.90 Å². The van der Waals surface area contributed by atoms with E-state index < -0.39 is 10.0 Å². The second-order valence-corrected chi connectivity index (χ2v) is 8.48. The molecule has 0 bridgehead atoms. The Hall–Kier alpha value is -1.44. The molecule has 1 fully saturated rings. The molecule has 1 aliphatic carbocycles. The van der Waals surface area contributed by atoms with E-state index >= 15 is 0 Å². The minimum absolute atomic E-state index is 0.00456. The highest BCUT2D eigenvalue weighted by Crippen LogP contribution is 2.34. The van der Waals surface area contributed by atoms with Crippen molar-refractivity contribution in [3.63, 3.8) is 0 Å². The molecule has 0 unspecified atom stereocenters. The number of carbonyl (C=O) groups is 1. The maximum atomic E-state index is 12.1. The Morgan fingerprint density at radius 1 is 1.35 bits per heavy atom. The number of ketones is 1. The molecule has 0 aromatic heterocycles. The van der Waals surface area contributed by atoms with Crippen LogP contribution in [0.2, 0.25) is 0 Å². The molecule has 0 radical (unpaired) electrons. The Balaban J connectivity index is 2.30. The maximum absolute atomic E-state index is 12.1. The van der Waals surface area contributed by atoms with Crippen molar-refractivity contribution in [2.24, 2.45) is 11.1 Å². The number of rotatable bonds is 7. The molecule has 7 heteroatoms. The third-order valence-electron chi connectivity index (χ3n) is 4.44. The van der Waals surface area contributed by atoms with Gasteiger partial charge in [-0.1, -0.05) is 0 Å². The number of nitrogens with zero attached hydrogens (tertiary/aromatic N) is 1. The lowest BCUT2D eigenvalue weighted by Gasteiger charge is -2.33. The molecular weight excluding hydrogens is 314 g/mol. The molecule has 0 spiro atoms. The van der Waals surface area contributed by atoms with Gasteiger partial charge >= 0.3 is 0 Å². The molecular formula is C16H25N3O3S. The average Bonchev–Trinajstić information content (AvgIpc) is 3.27. The number of Topliss-reactive ketones (excluding diaryl/α,β-unsaturated/α-hetero) is 1. The van der Waals surface area contributed by atoms with Gasteiger partial charge in [0, 0.05) is 23.6 Å². The fraction of sp³-hybridized carbons (Fsp3) is 0.562. The van der Waals surface area contributed by atoms with Crippen LogP contribution in [0.25, 0.3) is 0 Å². The number of carbonyl (C=O) groups excluding carboxylic acids is 1. The van der Waals surface area contributed by atoms with Gasteiger partial charge in [0.25, 0.3) is 0 Å². The summed E-state index contributed by atoms with van der Waals surface area (Å²) in [7, 11) is 0.00496. The fourth-order valence-corrected chi connectivity index (χ4v) is 2.85. The van der Waals surface area contributed by atoms with Crippen LogP contribution >= 0.6 is 0 Å². The third-order valence-corrected chi connectivity index (χ3v) is 5.39. The molecule has 1 saturated carbocycles. The highest BCUT2D eigenvalue weighted by Gasteiger charge is 2.31. The van der Waals surface area contributed by atoms with Crippen LogP contribution in [0.3, 0.4) is 0 Å². The average molecular weight is 339 g/mol. The number of anilines is 1. The maximum Gasteiger partial charge on any atom is 0.240 e. The standard InChI is InChI=1S/C16H25N3O3S/c1-16(2,19(3)4)10-18-13-8-7-12(15(20)11-5-6-11)9-14(13)23(17,21)22/h7-9,11,18H,5-6,10H2,1-4H3,(H2,17,21,22). The smallest absolute Gasteiger partial charge is 0.240 e. The van der Waals surface area contributed by atoms with Crippen molar-refractivity contribution in [2.75, 3.05) is 26.0 Å². The fourth-order valence-electron chi connectivity index (χ4n) is 2.11. The quantitative estimate of drug-likeness (QED) is 0.737. The highest BCUT2D eigenvalue weighted by atomic mass is 32.2. The predicted molar refractivity (Wildman–Crippen MR) is 91.1 cm³/mol. The zero-order valence-corrected chi connectivity index (χ0v) is 14.9. The third kappa shape index (κ3) is 4.31. The van der Waals surface area contributed by atoms with E-state index in [1.54, 1.807) is 12.1 Å². The number of benzene rings is 1. The Bertz CT molecular complexity index is 707. The molecule has 1 aromatic rings. The Morgan fingerprint density at radius 3 is 2.43 bits per heavy atom. The van der Waals surface area contributed by atoms with Crippen molar-refractivity contribution in [1.29, 1.82) is 0 Å². The molecule has 3 N–H and O–H groups in total. The summed E-state index contributed by atoms with van der Waals surface area (Å²) < 4.78 is 23.8. The van der Waals surface area contributed by atoms with Crippen molar-refractivity contribution < 1.29 is 13.2 Å². The van der Waals surface area contributed by atoms with Gasteiger partial charge in [-0.25, -0.2) is 13.6 Å². The van der Waals surface area contributed by atoms with Crippen molar-refractivity contribution in [3.8, 4) is 0 Å². The van der Waals surface area contributed by atoms with Crippen molar-refractivity contribution in [2.45, 2.75) is 37.1 Å². The summed E-state index contributed by atoms with van der Waals surface area (Å²) in [5.41, 5.74) is 0.668. The van der Waals surface area contributed by atoms with E-state index in [1.165, 1.54) is 6.07 Å². The van der Waals surface area contributed by atoms with Crippen molar-refractivity contribution in [3.05, 3.63) is 23.8 Å².